The van der Waals surface area contributed by atoms with Crippen LogP contribution >= 0.6 is 11.8 Å². The quantitative estimate of drug-likeness (QED) is 0.476. The molecule has 28 heavy (non-hydrogen) atoms. The van der Waals surface area contributed by atoms with E-state index in [1.165, 1.54) is 24.3 Å². The maximum absolute atomic E-state index is 12.9. The number of thioether (sulfide) groups is 1. The first-order chi connectivity index (χ1) is 13.1. The summed E-state index contributed by atoms with van der Waals surface area (Å²) in [7, 11) is 0. The van der Waals surface area contributed by atoms with E-state index in [9.17, 15) is 28.1 Å². The number of aromatic nitrogens is 1. The largest absolute Gasteiger partial charge is 0.406 e. The van der Waals surface area contributed by atoms with Crippen LogP contribution in [0.15, 0.2) is 28.8 Å². The Morgan fingerprint density at radius 1 is 1.32 bits per heavy atom. The van der Waals surface area contributed by atoms with E-state index in [1.54, 1.807) is 13.8 Å². The average Bonchev–Trinajstić information content (AvgIpc) is 2.92. The summed E-state index contributed by atoms with van der Waals surface area (Å²) < 4.78 is 43.8. The summed E-state index contributed by atoms with van der Waals surface area (Å²) in [5.41, 5.74) is 1.16. The van der Waals surface area contributed by atoms with Gasteiger partial charge in [-0.1, -0.05) is 23.4 Å². The summed E-state index contributed by atoms with van der Waals surface area (Å²) in [6.07, 6.45) is -4.62. The molecule has 0 aliphatic carbocycles. The second-order valence-corrected chi connectivity index (χ2v) is 7.03. The Morgan fingerprint density at radius 3 is 2.57 bits per heavy atom. The van der Waals surface area contributed by atoms with Gasteiger partial charge in [-0.2, -0.15) is 13.2 Å². The molecular weight excluding hydrogens is 399 g/mol. The second kappa shape index (κ2) is 9.09. The molecular formula is C17H18F3N3O4S. The third kappa shape index (κ3) is 5.98. The molecule has 1 aromatic carbocycles. The highest BCUT2D eigenvalue weighted by molar-refractivity contribution is 7.99. The van der Waals surface area contributed by atoms with Gasteiger partial charge < -0.3 is 9.42 Å². The molecule has 0 N–H and O–H groups in total. The summed E-state index contributed by atoms with van der Waals surface area (Å²) in [6.45, 7) is 1.46. The minimum Gasteiger partial charge on any atom is -0.361 e. The molecule has 0 fully saturated rings. The summed E-state index contributed by atoms with van der Waals surface area (Å²) in [5, 5.41) is 14.9. The topological polar surface area (TPSA) is 89.5 Å². The number of amides is 1. The Bertz CT molecular complexity index is 835. The lowest BCUT2D eigenvalue weighted by atomic mass is 10.1. The van der Waals surface area contributed by atoms with Crippen molar-refractivity contribution in [1.29, 1.82) is 0 Å². The van der Waals surface area contributed by atoms with E-state index in [0.29, 0.717) is 22.1 Å². The van der Waals surface area contributed by atoms with Crippen LogP contribution < -0.4 is 0 Å². The Kier molecular flexibility index (Phi) is 7.05. The van der Waals surface area contributed by atoms with Crippen molar-refractivity contribution in [3.05, 3.63) is 57.0 Å². The number of rotatable bonds is 8. The van der Waals surface area contributed by atoms with Gasteiger partial charge in [0.25, 0.3) is 5.69 Å². The van der Waals surface area contributed by atoms with Gasteiger partial charge in [-0.05, 0) is 13.8 Å². The van der Waals surface area contributed by atoms with Crippen LogP contribution in [-0.2, 0) is 17.1 Å². The summed E-state index contributed by atoms with van der Waals surface area (Å²) in [4.78, 5) is 23.4. The number of nitrogens with zero attached hydrogens (tertiary/aromatic N) is 3. The highest BCUT2D eigenvalue weighted by Crippen LogP contribution is 2.25. The average molecular weight is 417 g/mol. The van der Waals surface area contributed by atoms with Crippen molar-refractivity contribution in [3.63, 3.8) is 0 Å². The van der Waals surface area contributed by atoms with Gasteiger partial charge in [-0.3, -0.25) is 14.9 Å². The fourth-order valence-corrected chi connectivity index (χ4v) is 3.59. The SMILES string of the molecule is Cc1noc(C)c1CSCC(=O)N(Cc1ccccc1[N+](=O)[O-])CC(F)(F)F. The summed E-state index contributed by atoms with van der Waals surface area (Å²) >= 11 is 1.13. The smallest absolute Gasteiger partial charge is 0.361 e. The highest BCUT2D eigenvalue weighted by atomic mass is 32.2. The predicted octanol–water partition coefficient (Wildman–Crippen LogP) is 4.02. The van der Waals surface area contributed by atoms with E-state index in [4.69, 9.17) is 4.52 Å². The molecule has 1 heterocycles. The van der Waals surface area contributed by atoms with Gasteiger partial charge in [0.1, 0.15) is 12.3 Å². The van der Waals surface area contributed by atoms with Gasteiger partial charge in [0, 0.05) is 22.9 Å². The number of carbonyl (C=O) groups excluding carboxylic acids is 1. The van der Waals surface area contributed by atoms with Crippen molar-refractivity contribution < 1.29 is 27.4 Å². The Hall–Kier alpha value is -2.56. The zero-order chi connectivity index (χ0) is 20.9. The molecule has 2 rings (SSSR count). The van der Waals surface area contributed by atoms with Crippen LogP contribution in [0, 0.1) is 24.0 Å². The summed E-state index contributed by atoms with van der Waals surface area (Å²) in [6, 6.07) is 5.42. The molecule has 0 spiro atoms. The molecule has 1 aromatic heterocycles. The Balaban J connectivity index is 2.10. The van der Waals surface area contributed by atoms with Crippen LogP contribution in [0.4, 0.5) is 18.9 Å². The highest BCUT2D eigenvalue weighted by Gasteiger charge is 2.33. The summed E-state index contributed by atoms with van der Waals surface area (Å²) in [5.74, 6) is -0.0179. The number of benzene rings is 1. The fraction of sp³-hybridized carbons (Fsp3) is 0.412. The molecule has 1 amide bonds. The Morgan fingerprint density at radius 2 is 2.00 bits per heavy atom. The number of para-hydroxylation sites is 1. The van der Waals surface area contributed by atoms with Crippen molar-refractivity contribution in [2.45, 2.75) is 32.3 Å². The fourth-order valence-electron chi connectivity index (χ4n) is 2.52. The molecule has 0 saturated carbocycles. The minimum atomic E-state index is -4.62. The zero-order valence-electron chi connectivity index (χ0n) is 15.2. The molecule has 0 aliphatic rings. The molecule has 2 aromatic rings. The molecule has 0 saturated heterocycles. The zero-order valence-corrected chi connectivity index (χ0v) is 16.0. The number of hydrogen-bond acceptors (Lipinski definition) is 6. The van der Waals surface area contributed by atoms with Crippen molar-refractivity contribution >= 4 is 23.4 Å². The van der Waals surface area contributed by atoms with E-state index in [0.717, 1.165) is 17.3 Å². The molecule has 0 unspecified atom stereocenters. The number of nitro groups is 1. The maximum Gasteiger partial charge on any atom is 0.406 e. The van der Waals surface area contributed by atoms with Crippen LogP contribution in [0.2, 0.25) is 0 Å². The Labute approximate surface area is 163 Å². The van der Waals surface area contributed by atoms with E-state index in [-0.39, 0.29) is 17.0 Å². The van der Waals surface area contributed by atoms with Crippen molar-refractivity contribution in [2.75, 3.05) is 12.3 Å². The number of halogens is 3. The van der Waals surface area contributed by atoms with Crippen molar-refractivity contribution in [2.24, 2.45) is 0 Å². The number of carbonyl (C=O) groups is 1. The number of alkyl halides is 3. The van der Waals surface area contributed by atoms with Gasteiger partial charge >= 0.3 is 6.18 Å². The van der Waals surface area contributed by atoms with Crippen LogP contribution in [0.1, 0.15) is 22.6 Å². The van der Waals surface area contributed by atoms with Gasteiger partial charge in [0.2, 0.25) is 5.91 Å². The van der Waals surface area contributed by atoms with E-state index in [2.05, 4.69) is 5.16 Å². The first kappa shape index (κ1) is 21.7. The second-order valence-electron chi connectivity index (χ2n) is 6.05. The molecule has 7 nitrogen and oxygen atoms in total. The number of hydrogen-bond donors (Lipinski definition) is 0. The first-order valence-corrected chi connectivity index (χ1v) is 9.30. The number of aryl methyl sites for hydroxylation is 2. The predicted molar refractivity (Wildman–Crippen MR) is 96.7 cm³/mol. The van der Waals surface area contributed by atoms with Crippen molar-refractivity contribution in [1.82, 2.24) is 10.1 Å². The molecule has 152 valence electrons. The maximum atomic E-state index is 12.9. The standard InChI is InChI=1S/C17H18F3N3O4S/c1-11-14(12(2)27-21-11)8-28-9-16(24)22(10-17(18,19)20)7-13-5-3-4-6-15(13)23(25)26/h3-6H,7-10H2,1-2H3. The monoisotopic (exact) mass is 417 g/mol. The van der Waals surface area contributed by atoms with Crippen LogP contribution in [0.25, 0.3) is 0 Å². The van der Waals surface area contributed by atoms with Gasteiger partial charge in [-0.15, -0.1) is 11.8 Å². The molecule has 0 atom stereocenters. The lowest BCUT2D eigenvalue weighted by molar-refractivity contribution is -0.385. The van der Waals surface area contributed by atoms with Gasteiger partial charge in [0.05, 0.1) is 22.9 Å². The molecule has 0 bridgehead atoms. The van der Waals surface area contributed by atoms with Gasteiger partial charge in [-0.25, -0.2) is 0 Å². The van der Waals surface area contributed by atoms with E-state index < -0.39 is 30.1 Å². The van der Waals surface area contributed by atoms with Crippen LogP contribution in [0.3, 0.4) is 0 Å². The van der Waals surface area contributed by atoms with Gasteiger partial charge in [0.15, 0.2) is 0 Å². The lowest BCUT2D eigenvalue weighted by Gasteiger charge is -2.24. The van der Waals surface area contributed by atoms with Crippen LogP contribution in [0.5, 0.6) is 0 Å². The normalized spacial score (nSPS) is 11.5. The van der Waals surface area contributed by atoms with E-state index >= 15 is 0 Å². The third-order valence-corrected chi connectivity index (χ3v) is 4.87. The van der Waals surface area contributed by atoms with E-state index in [1.807, 2.05) is 0 Å². The van der Waals surface area contributed by atoms with Crippen molar-refractivity contribution in [3.8, 4) is 0 Å². The minimum absolute atomic E-state index is 0.0424. The lowest BCUT2D eigenvalue weighted by Crippen LogP contribution is -2.39. The third-order valence-electron chi connectivity index (χ3n) is 3.93. The number of nitro benzene ring substituents is 1. The first-order valence-electron chi connectivity index (χ1n) is 8.15. The van der Waals surface area contributed by atoms with Crippen LogP contribution in [-0.4, -0.2) is 39.4 Å². The molecule has 11 heteroatoms. The molecule has 0 aliphatic heterocycles. The molecule has 0 radical (unpaired) electrons.